The van der Waals surface area contributed by atoms with Crippen molar-refractivity contribution >= 4 is 27.0 Å². The number of nitrogens with one attached hydrogen (secondary N) is 1. The highest BCUT2D eigenvalue weighted by atomic mass is 32.2. The van der Waals surface area contributed by atoms with E-state index in [4.69, 9.17) is 4.74 Å². The average molecular weight is 423 g/mol. The first kappa shape index (κ1) is 19.2. The second kappa shape index (κ2) is 8.06. The first-order chi connectivity index (χ1) is 14.1. The van der Waals surface area contributed by atoms with E-state index in [2.05, 4.69) is 9.71 Å². The summed E-state index contributed by atoms with van der Waals surface area (Å²) in [5.74, 6) is 0.299. The zero-order valence-electron chi connectivity index (χ0n) is 15.6. The molecule has 0 saturated heterocycles. The molecule has 0 atom stereocenters. The fourth-order valence-corrected chi connectivity index (χ4v) is 4.95. The quantitative estimate of drug-likeness (QED) is 0.459. The number of hydrogen-bond acceptors (Lipinski definition) is 5. The van der Waals surface area contributed by atoms with E-state index < -0.39 is 10.0 Å². The Labute approximate surface area is 173 Å². The van der Waals surface area contributed by atoms with Gasteiger partial charge in [0.05, 0.1) is 12.8 Å². The number of rotatable bonds is 6. The Balaban J connectivity index is 1.55. The number of anilines is 1. The van der Waals surface area contributed by atoms with Gasteiger partial charge in [0.1, 0.15) is 15.7 Å². The van der Waals surface area contributed by atoms with Gasteiger partial charge in [0.2, 0.25) is 0 Å². The number of thiazole rings is 1. The zero-order valence-corrected chi connectivity index (χ0v) is 17.2. The van der Waals surface area contributed by atoms with Crippen LogP contribution in [0.15, 0.2) is 89.1 Å². The van der Waals surface area contributed by atoms with E-state index in [0.717, 1.165) is 21.8 Å². The lowest BCUT2D eigenvalue weighted by atomic mass is 10.1. The maximum absolute atomic E-state index is 12.7. The molecule has 1 aromatic heterocycles. The highest BCUT2D eigenvalue weighted by Crippen LogP contribution is 2.30. The summed E-state index contributed by atoms with van der Waals surface area (Å²) < 4.78 is 33.1. The molecule has 0 aliphatic rings. The van der Waals surface area contributed by atoms with Crippen LogP contribution in [0.5, 0.6) is 5.75 Å². The summed E-state index contributed by atoms with van der Waals surface area (Å²) >= 11 is 1.58. The Hall–Kier alpha value is -3.16. The van der Waals surface area contributed by atoms with Gasteiger partial charge in [0.15, 0.2) is 0 Å². The fraction of sp³-hybridized carbons (Fsp3) is 0.0455. The maximum Gasteiger partial charge on any atom is 0.265 e. The van der Waals surface area contributed by atoms with Crippen molar-refractivity contribution in [1.29, 1.82) is 0 Å². The summed E-state index contributed by atoms with van der Waals surface area (Å²) in [5.41, 5.74) is 3.32. The van der Waals surface area contributed by atoms with Gasteiger partial charge < -0.3 is 4.74 Å². The van der Waals surface area contributed by atoms with Gasteiger partial charge >= 0.3 is 0 Å². The molecule has 0 bridgehead atoms. The lowest BCUT2D eigenvalue weighted by molar-refractivity contribution is 0.403. The van der Waals surface area contributed by atoms with Gasteiger partial charge in [-0.05, 0) is 24.3 Å². The Kier molecular flexibility index (Phi) is 5.33. The maximum atomic E-state index is 12.7. The van der Waals surface area contributed by atoms with Crippen molar-refractivity contribution in [1.82, 2.24) is 4.98 Å². The summed E-state index contributed by atoms with van der Waals surface area (Å²) in [4.78, 5) is 4.78. The van der Waals surface area contributed by atoms with Gasteiger partial charge in [-0.1, -0.05) is 54.6 Å². The highest BCUT2D eigenvalue weighted by Gasteiger charge is 2.19. The third-order valence-electron chi connectivity index (χ3n) is 4.32. The minimum absolute atomic E-state index is 0.0959. The van der Waals surface area contributed by atoms with Crippen molar-refractivity contribution < 1.29 is 13.2 Å². The third-order valence-corrected chi connectivity index (χ3v) is 6.63. The summed E-state index contributed by atoms with van der Waals surface area (Å²) in [6.07, 6.45) is 0. The molecule has 0 unspecified atom stereocenters. The lowest BCUT2D eigenvalue weighted by Crippen LogP contribution is -2.13. The topological polar surface area (TPSA) is 68.3 Å². The second-order valence-corrected chi connectivity index (χ2v) is 8.75. The smallest absolute Gasteiger partial charge is 0.265 e. The number of sulfonamides is 1. The molecule has 3 aromatic carbocycles. The van der Waals surface area contributed by atoms with Gasteiger partial charge in [-0.25, -0.2) is 13.4 Å². The first-order valence-electron chi connectivity index (χ1n) is 8.84. The van der Waals surface area contributed by atoms with Crippen molar-refractivity contribution in [2.24, 2.45) is 0 Å². The Morgan fingerprint density at radius 2 is 1.55 bits per heavy atom. The summed E-state index contributed by atoms with van der Waals surface area (Å²) in [6.45, 7) is 0. The summed E-state index contributed by atoms with van der Waals surface area (Å²) in [6, 6.07) is 23.7. The van der Waals surface area contributed by atoms with Gasteiger partial charge in [0, 0.05) is 22.2 Å². The molecule has 7 heteroatoms. The fourth-order valence-electron chi connectivity index (χ4n) is 2.88. The SMILES string of the molecule is COc1ccccc1S(=O)(=O)Nc1ccc(-c2csc(-c3ccccc3)n2)cc1. The Bertz CT molecular complexity index is 1220. The monoisotopic (exact) mass is 422 g/mol. The van der Waals surface area contributed by atoms with Crippen LogP contribution >= 0.6 is 11.3 Å². The van der Waals surface area contributed by atoms with Crippen molar-refractivity contribution in [2.75, 3.05) is 11.8 Å². The van der Waals surface area contributed by atoms with Gasteiger partial charge in [0.25, 0.3) is 10.0 Å². The van der Waals surface area contributed by atoms with Crippen LogP contribution < -0.4 is 9.46 Å². The number of hydrogen-bond donors (Lipinski definition) is 1. The average Bonchev–Trinajstić information content (AvgIpc) is 3.25. The third kappa shape index (κ3) is 4.16. The van der Waals surface area contributed by atoms with E-state index in [1.54, 1.807) is 41.7 Å². The van der Waals surface area contributed by atoms with Crippen LogP contribution in [0.3, 0.4) is 0 Å². The predicted octanol–water partition coefficient (Wildman–Crippen LogP) is 5.29. The van der Waals surface area contributed by atoms with Crippen LogP contribution in [-0.4, -0.2) is 20.5 Å². The van der Waals surface area contributed by atoms with Gasteiger partial charge in [-0.2, -0.15) is 0 Å². The molecule has 0 aliphatic carbocycles. The summed E-state index contributed by atoms with van der Waals surface area (Å²) in [7, 11) is -2.31. The molecular weight excluding hydrogens is 404 g/mol. The van der Waals surface area contributed by atoms with Crippen molar-refractivity contribution in [3.8, 4) is 27.6 Å². The normalized spacial score (nSPS) is 11.2. The molecule has 0 saturated carbocycles. The number of methoxy groups -OCH3 is 1. The predicted molar refractivity (Wildman–Crippen MR) is 117 cm³/mol. The highest BCUT2D eigenvalue weighted by molar-refractivity contribution is 7.92. The molecule has 0 radical (unpaired) electrons. The standard InChI is InChI=1S/C22H18N2O3S2/c1-27-20-9-5-6-10-21(20)29(25,26)24-18-13-11-16(12-14-18)19-15-28-22(23-19)17-7-3-2-4-8-17/h2-15,24H,1H3. The van der Waals surface area contributed by atoms with Crippen LogP contribution in [0, 0.1) is 0 Å². The molecule has 29 heavy (non-hydrogen) atoms. The minimum atomic E-state index is -3.75. The molecule has 0 spiro atoms. The van der Waals surface area contributed by atoms with E-state index in [-0.39, 0.29) is 4.90 Å². The molecule has 4 aromatic rings. The summed E-state index contributed by atoms with van der Waals surface area (Å²) in [5, 5.41) is 2.94. The van der Waals surface area contributed by atoms with Crippen molar-refractivity contribution in [3.63, 3.8) is 0 Å². The number of aromatic nitrogens is 1. The molecule has 146 valence electrons. The second-order valence-electron chi connectivity index (χ2n) is 6.24. The molecule has 0 aliphatic heterocycles. The van der Waals surface area contributed by atoms with Crippen LogP contribution in [0.4, 0.5) is 5.69 Å². The number of ether oxygens (including phenoxy) is 1. The van der Waals surface area contributed by atoms with Crippen LogP contribution in [-0.2, 0) is 10.0 Å². The van der Waals surface area contributed by atoms with Gasteiger partial charge in [-0.3, -0.25) is 4.72 Å². The number of nitrogens with zero attached hydrogens (tertiary/aromatic N) is 1. The Morgan fingerprint density at radius 1 is 0.862 bits per heavy atom. The number of para-hydroxylation sites is 1. The molecule has 0 amide bonds. The van der Waals surface area contributed by atoms with Crippen LogP contribution in [0.1, 0.15) is 0 Å². The Morgan fingerprint density at radius 3 is 2.28 bits per heavy atom. The zero-order chi connectivity index (χ0) is 20.3. The first-order valence-corrected chi connectivity index (χ1v) is 11.2. The van der Waals surface area contributed by atoms with Crippen LogP contribution in [0.25, 0.3) is 21.8 Å². The van der Waals surface area contributed by atoms with Gasteiger partial charge in [-0.15, -0.1) is 11.3 Å². The van der Waals surface area contributed by atoms with E-state index in [1.165, 1.54) is 13.2 Å². The van der Waals surface area contributed by atoms with Crippen molar-refractivity contribution in [3.05, 3.63) is 84.2 Å². The van der Waals surface area contributed by atoms with Crippen LogP contribution in [0.2, 0.25) is 0 Å². The molecule has 5 nitrogen and oxygen atoms in total. The van der Waals surface area contributed by atoms with E-state index in [1.807, 2.05) is 47.8 Å². The number of benzene rings is 3. The molecule has 1 heterocycles. The largest absolute Gasteiger partial charge is 0.495 e. The molecular formula is C22H18N2O3S2. The minimum Gasteiger partial charge on any atom is -0.495 e. The van der Waals surface area contributed by atoms with Crippen molar-refractivity contribution in [2.45, 2.75) is 4.90 Å². The lowest BCUT2D eigenvalue weighted by Gasteiger charge is -2.11. The van der Waals surface area contributed by atoms with E-state index in [9.17, 15) is 8.42 Å². The van der Waals surface area contributed by atoms with E-state index >= 15 is 0 Å². The molecule has 4 rings (SSSR count). The molecule has 1 N–H and O–H groups in total. The van der Waals surface area contributed by atoms with E-state index in [0.29, 0.717) is 11.4 Å². The molecule has 0 fully saturated rings.